The van der Waals surface area contributed by atoms with E-state index < -0.39 is 5.97 Å². The number of fused-ring (bicyclic) bond motifs is 1. The van der Waals surface area contributed by atoms with Crippen molar-refractivity contribution in [1.82, 2.24) is 9.88 Å². The number of aromatic amines is 1. The standard InChI is InChI=1S/C27H33BrN2O4/c1-3-33-25(28)16-20-5-4-6-21-23(17-29-26(20)21)19-9-11-30(12-10-19)13-14-34-24-8-7-18(2)15-22(24)27(31)32/h4-8,15,17,19,25,29H,3,9-14,16H2,1-2H3,(H,31,32). The van der Waals surface area contributed by atoms with Gasteiger partial charge in [-0.05, 0) is 69.0 Å². The number of rotatable bonds is 10. The fraction of sp³-hybridized carbons (Fsp3) is 0.444. The number of piperidine rings is 1. The maximum absolute atomic E-state index is 11.5. The molecule has 1 aliphatic rings. The second-order valence-corrected chi connectivity index (χ2v) is 9.94. The van der Waals surface area contributed by atoms with E-state index in [-0.39, 0.29) is 10.6 Å². The molecule has 182 valence electrons. The number of aromatic carboxylic acids is 1. The molecule has 0 spiro atoms. The second kappa shape index (κ2) is 11.4. The van der Waals surface area contributed by atoms with Gasteiger partial charge in [0.1, 0.15) is 22.9 Å². The van der Waals surface area contributed by atoms with E-state index in [1.54, 1.807) is 12.1 Å². The molecule has 1 fully saturated rings. The number of para-hydroxylation sites is 1. The van der Waals surface area contributed by atoms with Crippen LogP contribution in [0.1, 0.15) is 52.7 Å². The number of likely N-dealkylation sites (tertiary alicyclic amines) is 1. The zero-order valence-electron chi connectivity index (χ0n) is 19.9. The van der Waals surface area contributed by atoms with Gasteiger partial charge in [0.05, 0.1) is 0 Å². The van der Waals surface area contributed by atoms with E-state index in [4.69, 9.17) is 9.47 Å². The van der Waals surface area contributed by atoms with Crippen molar-refractivity contribution in [2.24, 2.45) is 0 Å². The molecule has 1 saturated heterocycles. The first-order valence-corrected chi connectivity index (χ1v) is 12.9. The fourth-order valence-electron chi connectivity index (χ4n) is 4.85. The second-order valence-electron chi connectivity index (χ2n) is 8.92. The van der Waals surface area contributed by atoms with Gasteiger partial charge in [0, 0.05) is 36.7 Å². The Balaban J connectivity index is 1.32. The first-order chi connectivity index (χ1) is 16.5. The number of carboxylic acid groups (broad SMARTS) is 1. The molecule has 3 aromatic rings. The highest BCUT2D eigenvalue weighted by Gasteiger charge is 2.23. The van der Waals surface area contributed by atoms with Gasteiger partial charge in [-0.25, -0.2) is 4.79 Å². The molecule has 1 atom stereocenters. The number of hydrogen-bond donors (Lipinski definition) is 2. The predicted molar refractivity (Wildman–Crippen MR) is 138 cm³/mol. The molecule has 2 N–H and O–H groups in total. The molecule has 0 radical (unpaired) electrons. The van der Waals surface area contributed by atoms with Crippen molar-refractivity contribution in [2.45, 2.75) is 44.0 Å². The van der Waals surface area contributed by atoms with Crippen molar-refractivity contribution in [2.75, 3.05) is 32.8 Å². The number of H-pyrrole nitrogens is 1. The predicted octanol–water partition coefficient (Wildman–Crippen LogP) is 5.73. The van der Waals surface area contributed by atoms with Crippen LogP contribution in [-0.2, 0) is 11.2 Å². The summed E-state index contributed by atoms with van der Waals surface area (Å²) in [6.45, 7) is 7.88. The van der Waals surface area contributed by atoms with Crippen molar-refractivity contribution in [1.29, 1.82) is 0 Å². The van der Waals surface area contributed by atoms with Crippen LogP contribution in [0.15, 0.2) is 42.6 Å². The van der Waals surface area contributed by atoms with Crippen LogP contribution >= 0.6 is 15.9 Å². The van der Waals surface area contributed by atoms with Crippen LogP contribution in [0.25, 0.3) is 10.9 Å². The van der Waals surface area contributed by atoms with Crippen LogP contribution in [0.5, 0.6) is 5.75 Å². The molecule has 4 rings (SSSR count). The molecule has 2 aromatic carbocycles. The quantitative estimate of drug-likeness (QED) is 0.328. The smallest absolute Gasteiger partial charge is 0.339 e. The Kier molecular flexibility index (Phi) is 8.29. The lowest BCUT2D eigenvalue weighted by molar-refractivity contribution is 0.0691. The summed E-state index contributed by atoms with van der Waals surface area (Å²) >= 11 is 3.62. The number of carboxylic acids is 1. The van der Waals surface area contributed by atoms with Crippen LogP contribution in [0, 0.1) is 6.92 Å². The van der Waals surface area contributed by atoms with Gasteiger partial charge in [-0.1, -0.05) is 45.8 Å². The SMILES string of the molecule is CCOC(Br)Cc1cccc2c(C3CCN(CCOc4ccc(C)cc4C(=O)O)CC3)c[nH]c12. The van der Waals surface area contributed by atoms with Gasteiger partial charge in [-0.15, -0.1) is 0 Å². The highest BCUT2D eigenvalue weighted by Crippen LogP contribution is 2.34. The van der Waals surface area contributed by atoms with Crippen molar-refractivity contribution in [3.63, 3.8) is 0 Å². The van der Waals surface area contributed by atoms with Gasteiger partial charge in [0.15, 0.2) is 0 Å². The number of carbonyl (C=O) groups is 1. The lowest BCUT2D eigenvalue weighted by Crippen LogP contribution is -2.35. The minimum atomic E-state index is -0.953. The number of ether oxygens (including phenoxy) is 2. The average molecular weight is 529 g/mol. The molecule has 0 saturated carbocycles. The molecule has 1 aromatic heterocycles. The zero-order valence-corrected chi connectivity index (χ0v) is 21.4. The van der Waals surface area contributed by atoms with Crippen LogP contribution in [0.3, 0.4) is 0 Å². The summed E-state index contributed by atoms with van der Waals surface area (Å²) < 4.78 is 11.5. The molecule has 1 aliphatic heterocycles. The molecule has 6 nitrogen and oxygen atoms in total. The summed E-state index contributed by atoms with van der Waals surface area (Å²) in [6, 6.07) is 11.8. The maximum atomic E-state index is 11.5. The summed E-state index contributed by atoms with van der Waals surface area (Å²) in [4.78, 5) is 17.4. The molecular formula is C27H33BrN2O4. The summed E-state index contributed by atoms with van der Waals surface area (Å²) in [5.41, 5.74) is 5.03. The number of alkyl halides is 1. The Bertz CT molecular complexity index is 1120. The summed E-state index contributed by atoms with van der Waals surface area (Å²) in [5.74, 6) is 0.0205. The Labute approximate surface area is 209 Å². The Morgan fingerprint density at radius 1 is 1.26 bits per heavy atom. The van der Waals surface area contributed by atoms with E-state index in [0.29, 0.717) is 24.9 Å². The number of nitrogens with zero attached hydrogens (tertiary/aromatic N) is 1. The summed E-state index contributed by atoms with van der Waals surface area (Å²) in [5, 5.41) is 10.8. The van der Waals surface area contributed by atoms with E-state index in [9.17, 15) is 9.90 Å². The van der Waals surface area contributed by atoms with Crippen molar-refractivity contribution < 1.29 is 19.4 Å². The van der Waals surface area contributed by atoms with Crippen LogP contribution in [0.2, 0.25) is 0 Å². The highest BCUT2D eigenvalue weighted by molar-refractivity contribution is 9.09. The van der Waals surface area contributed by atoms with Gasteiger partial charge in [-0.2, -0.15) is 0 Å². The Hall–Kier alpha value is -2.35. The topological polar surface area (TPSA) is 74.8 Å². The number of hydrogen-bond acceptors (Lipinski definition) is 4. The van der Waals surface area contributed by atoms with Crippen molar-refractivity contribution >= 4 is 32.8 Å². The number of halogens is 1. The van der Waals surface area contributed by atoms with Gasteiger partial charge < -0.3 is 19.6 Å². The van der Waals surface area contributed by atoms with E-state index in [1.807, 2.05) is 19.9 Å². The molecule has 2 heterocycles. The fourth-order valence-corrected chi connectivity index (χ4v) is 5.46. The summed E-state index contributed by atoms with van der Waals surface area (Å²) in [6.07, 6.45) is 5.21. The molecule has 0 aliphatic carbocycles. The molecular weight excluding hydrogens is 496 g/mol. The average Bonchev–Trinajstić information content (AvgIpc) is 3.26. The number of aromatic nitrogens is 1. The van der Waals surface area contributed by atoms with E-state index in [2.05, 4.69) is 50.2 Å². The minimum absolute atomic E-state index is 0.0202. The van der Waals surface area contributed by atoms with Crippen LogP contribution in [-0.4, -0.2) is 58.8 Å². The van der Waals surface area contributed by atoms with Gasteiger partial charge in [0.2, 0.25) is 0 Å². The molecule has 0 amide bonds. The minimum Gasteiger partial charge on any atom is -0.491 e. The van der Waals surface area contributed by atoms with Gasteiger partial charge in [0.25, 0.3) is 0 Å². The highest BCUT2D eigenvalue weighted by atomic mass is 79.9. The largest absolute Gasteiger partial charge is 0.491 e. The van der Waals surface area contributed by atoms with E-state index in [1.165, 1.54) is 22.0 Å². The Morgan fingerprint density at radius 3 is 2.79 bits per heavy atom. The van der Waals surface area contributed by atoms with E-state index >= 15 is 0 Å². The zero-order chi connectivity index (χ0) is 24.1. The van der Waals surface area contributed by atoms with Crippen LogP contribution in [0.4, 0.5) is 0 Å². The van der Waals surface area contributed by atoms with Gasteiger partial charge in [-0.3, -0.25) is 4.90 Å². The number of aryl methyl sites for hydroxylation is 1. The third-order valence-corrected chi connectivity index (χ3v) is 7.21. The first kappa shape index (κ1) is 24.8. The normalized spacial score (nSPS) is 16.1. The Morgan fingerprint density at radius 2 is 2.06 bits per heavy atom. The third kappa shape index (κ3) is 5.82. The summed E-state index contributed by atoms with van der Waals surface area (Å²) in [7, 11) is 0. The van der Waals surface area contributed by atoms with Crippen molar-refractivity contribution in [3.8, 4) is 5.75 Å². The molecule has 1 unspecified atom stereocenters. The van der Waals surface area contributed by atoms with Crippen molar-refractivity contribution in [3.05, 3.63) is 64.8 Å². The number of nitrogens with one attached hydrogen (secondary N) is 1. The third-order valence-electron chi connectivity index (χ3n) is 6.62. The first-order valence-electron chi connectivity index (χ1n) is 12.0. The van der Waals surface area contributed by atoms with Gasteiger partial charge >= 0.3 is 5.97 Å². The molecule has 34 heavy (non-hydrogen) atoms. The monoisotopic (exact) mass is 528 g/mol. The van der Waals surface area contributed by atoms with E-state index in [0.717, 1.165) is 44.5 Å². The van der Waals surface area contributed by atoms with Crippen LogP contribution < -0.4 is 4.74 Å². The molecule has 7 heteroatoms. The maximum Gasteiger partial charge on any atom is 0.339 e. The number of benzene rings is 2. The molecule has 0 bridgehead atoms. The lowest BCUT2D eigenvalue weighted by Gasteiger charge is -2.31. The lowest BCUT2D eigenvalue weighted by atomic mass is 9.89.